The lowest BCUT2D eigenvalue weighted by Gasteiger charge is -2.13. The third-order valence-electron chi connectivity index (χ3n) is 4.53. The van der Waals surface area contributed by atoms with Gasteiger partial charge in [0.1, 0.15) is 0 Å². The molecule has 0 radical (unpaired) electrons. The fourth-order valence-corrected chi connectivity index (χ4v) is 2.91. The van der Waals surface area contributed by atoms with Crippen LogP contribution >= 0.6 is 0 Å². The monoisotopic (exact) mass is 330 g/mol. The highest BCUT2D eigenvalue weighted by Gasteiger charge is 2.02. The molecular weight excluding hydrogens is 304 g/mol. The smallest absolute Gasteiger partial charge is 0.0361 e. The molecule has 25 heavy (non-hydrogen) atoms. The van der Waals surface area contributed by atoms with Gasteiger partial charge in [-0.15, -0.1) is 0 Å². The van der Waals surface area contributed by atoms with E-state index in [1.165, 1.54) is 33.6 Å². The molecule has 0 saturated carbocycles. The van der Waals surface area contributed by atoms with Crippen LogP contribution in [-0.4, -0.2) is 28.2 Å². The zero-order valence-corrected chi connectivity index (χ0v) is 15.5. The Balaban J connectivity index is 1.71. The van der Waals surface area contributed by atoms with Gasteiger partial charge in [0.05, 0.1) is 0 Å². The lowest BCUT2D eigenvalue weighted by molar-refractivity contribution is 1.12. The highest BCUT2D eigenvalue weighted by Crippen LogP contribution is 2.23. The SMILES string of the molecule is CN(C)c1ccc(Cc2ccc(-c3ccc(N(C)C)cc3)cc2)cc1. The summed E-state index contributed by atoms with van der Waals surface area (Å²) in [5.74, 6) is 0. The van der Waals surface area contributed by atoms with E-state index in [0.717, 1.165) is 6.42 Å². The molecule has 3 aromatic carbocycles. The fourth-order valence-electron chi connectivity index (χ4n) is 2.91. The van der Waals surface area contributed by atoms with Crippen LogP contribution in [0.4, 0.5) is 11.4 Å². The first-order valence-electron chi connectivity index (χ1n) is 8.66. The molecule has 0 atom stereocenters. The second kappa shape index (κ2) is 7.43. The van der Waals surface area contributed by atoms with Crippen molar-refractivity contribution >= 4 is 11.4 Å². The summed E-state index contributed by atoms with van der Waals surface area (Å²) < 4.78 is 0. The van der Waals surface area contributed by atoms with Crippen molar-refractivity contribution < 1.29 is 0 Å². The maximum atomic E-state index is 2.23. The van der Waals surface area contributed by atoms with Gasteiger partial charge in [-0.1, -0.05) is 48.5 Å². The van der Waals surface area contributed by atoms with Crippen LogP contribution in [0, 0.1) is 0 Å². The number of rotatable bonds is 5. The van der Waals surface area contributed by atoms with Crippen molar-refractivity contribution in [2.45, 2.75) is 6.42 Å². The van der Waals surface area contributed by atoms with Gasteiger partial charge in [-0.3, -0.25) is 0 Å². The van der Waals surface area contributed by atoms with Gasteiger partial charge in [0.15, 0.2) is 0 Å². The zero-order valence-electron chi connectivity index (χ0n) is 15.5. The minimum absolute atomic E-state index is 0.966. The molecule has 0 spiro atoms. The van der Waals surface area contributed by atoms with Gasteiger partial charge in [0, 0.05) is 39.6 Å². The zero-order chi connectivity index (χ0) is 17.8. The molecule has 128 valence electrons. The van der Waals surface area contributed by atoms with Gasteiger partial charge in [0.2, 0.25) is 0 Å². The quantitative estimate of drug-likeness (QED) is 0.644. The molecule has 0 amide bonds. The molecule has 0 heterocycles. The van der Waals surface area contributed by atoms with E-state index < -0.39 is 0 Å². The van der Waals surface area contributed by atoms with Gasteiger partial charge in [-0.05, 0) is 52.9 Å². The molecule has 0 aliphatic heterocycles. The van der Waals surface area contributed by atoms with Crippen LogP contribution in [0.2, 0.25) is 0 Å². The fraction of sp³-hybridized carbons (Fsp3) is 0.217. The van der Waals surface area contributed by atoms with Gasteiger partial charge in [-0.2, -0.15) is 0 Å². The first kappa shape index (κ1) is 17.1. The Kier molecular flexibility index (Phi) is 5.08. The summed E-state index contributed by atoms with van der Waals surface area (Å²) in [5.41, 5.74) is 7.66. The molecule has 0 unspecified atom stereocenters. The van der Waals surface area contributed by atoms with Gasteiger partial charge >= 0.3 is 0 Å². The van der Waals surface area contributed by atoms with E-state index in [2.05, 4.69) is 111 Å². The number of hydrogen-bond acceptors (Lipinski definition) is 2. The lowest BCUT2D eigenvalue weighted by atomic mass is 10.00. The summed E-state index contributed by atoms with van der Waals surface area (Å²) in [6.07, 6.45) is 0.966. The van der Waals surface area contributed by atoms with Crippen LogP contribution in [0.5, 0.6) is 0 Å². The summed E-state index contributed by atoms with van der Waals surface area (Å²) in [5, 5.41) is 0. The normalized spacial score (nSPS) is 10.6. The number of nitrogens with zero attached hydrogens (tertiary/aromatic N) is 2. The molecular formula is C23H26N2. The average molecular weight is 330 g/mol. The van der Waals surface area contributed by atoms with Crippen LogP contribution in [0.25, 0.3) is 11.1 Å². The van der Waals surface area contributed by atoms with E-state index in [1.54, 1.807) is 0 Å². The van der Waals surface area contributed by atoms with E-state index in [4.69, 9.17) is 0 Å². The molecule has 3 rings (SSSR count). The first-order valence-corrected chi connectivity index (χ1v) is 8.66. The summed E-state index contributed by atoms with van der Waals surface area (Å²) in [4.78, 5) is 4.24. The third kappa shape index (κ3) is 4.21. The van der Waals surface area contributed by atoms with Gasteiger partial charge < -0.3 is 9.80 Å². The van der Waals surface area contributed by atoms with Crippen molar-refractivity contribution in [3.63, 3.8) is 0 Å². The number of anilines is 2. The molecule has 0 aromatic heterocycles. The molecule has 0 bridgehead atoms. The van der Waals surface area contributed by atoms with Crippen molar-refractivity contribution in [1.82, 2.24) is 0 Å². The van der Waals surface area contributed by atoms with Crippen LogP contribution in [-0.2, 0) is 6.42 Å². The number of hydrogen-bond donors (Lipinski definition) is 0. The van der Waals surface area contributed by atoms with Crippen molar-refractivity contribution in [3.05, 3.63) is 83.9 Å². The van der Waals surface area contributed by atoms with E-state index in [9.17, 15) is 0 Å². The first-order chi connectivity index (χ1) is 12.0. The highest BCUT2D eigenvalue weighted by molar-refractivity contribution is 5.66. The van der Waals surface area contributed by atoms with Crippen molar-refractivity contribution in [1.29, 1.82) is 0 Å². The summed E-state index contributed by atoms with van der Waals surface area (Å²) >= 11 is 0. The molecule has 2 nitrogen and oxygen atoms in total. The van der Waals surface area contributed by atoms with Gasteiger partial charge in [0.25, 0.3) is 0 Å². The molecule has 0 saturated heterocycles. The van der Waals surface area contributed by atoms with Crippen molar-refractivity contribution in [2.24, 2.45) is 0 Å². The molecule has 2 heteroatoms. The Hall–Kier alpha value is -2.74. The Labute approximate surface area is 151 Å². The number of benzene rings is 3. The molecule has 3 aromatic rings. The maximum Gasteiger partial charge on any atom is 0.0361 e. The molecule has 0 fully saturated rings. The largest absolute Gasteiger partial charge is 0.378 e. The second-order valence-electron chi connectivity index (χ2n) is 6.88. The Morgan fingerprint density at radius 3 is 1.20 bits per heavy atom. The van der Waals surface area contributed by atoms with Gasteiger partial charge in [-0.25, -0.2) is 0 Å². The maximum absolute atomic E-state index is 2.23. The highest BCUT2D eigenvalue weighted by atomic mass is 15.1. The lowest BCUT2D eigenvalue weighted by Crippen LogP contribution is -2.08. The summed E-state index contributed by atoms with van der Waals surface area (Å²) in [6, 6.07) is 26.4. The van der Waals surface area contributed by atoms with Crippen LogP contribution in [0.15, 0.2) is 72.8 Å². The minimum atomic E-state index is 0.966. The molecule has 0 aliphatic carbocycles. The Morgan fingerprint density at radius 2 is 0.800 bits per heavy atom. The summed E-state index contributed by atoms with van der Waals surface area (Å²) in [7, 11) is 8.27. The van der Waals surface area contributed by atoms with Crippen molar-refractivity contribution in [2.75, 3.05) is 38.0 Å². The summed E-state index contributed by atoms with van der Waals surface area (Å²) in [6.45, 7) is 0. The van der Waals surface area contributed by atoms with Crippen LogP contribution < -0.4 is 9.80 Å². The molecule has 0 aliphatic rings. The minimum Gasteiger partial charge on any atom is -0.378 e. The third-order valence-corrected chi connectivity index (χ3v) is 4.53. The molecule has 0 N–H and O–H groups in total. The Bertz CT molecular complexity index is 798. The van der Waals surface area contributed by atoms with Crippen molar-refractivity contribution in [3.8, 4) is 11.1 Å². The van der Waals surface area contributed by atoms with E-state index in [-0.39, 0.29) is 0 Å². The topological polar surface area (TPSA) is 6.48 Å². The standard InChI is InChI=1S/C23H26N2/c1-24(2)22-13-7-19(8-14-22)17-18-5-9-20(10-6-18)21-11-15-23(16-12-21)25(3)4/h5-16H,17H2,1-4H3. The predicted octanol–water partition coefficient (Wildman–Crippen LogP) is 5.08. The van der Waals surface area contributed by atoms with E-state index in [1.807, 2.05) is 0 Å². The van der Waals surface area contributed by atoms with E-state index >= 15 is 0 Å². The predicted molar refractivity (Wildman–Crippen MR) is 110 cm³/mol. The average Bonchev–Trinajstić information content (AvgIpc) is 2.63. The van der Waals surface area contributed by atoms with Crippen LogP contribution in [0.1, 0.15) is 11.1 Å². The second-order valence-corrected chi connectivity index (χ2v) is 6.88. The Morgan fingerprint density at radius 1 is 0.480 bits per heavy atom. The van der Waals surface area contributed by atoms with Crippen LogP contribution in [0.3, 0.4) is 0 Å². The van der Waals surface area contributed by atoms with E-state index in [0.29, 0.717) is 0 Å².